The predicted molar refractivity (Wildman–Crippen MR) is 42.9 cm³/mol. The second-order valence-electron chi connectivity index (χ2n) is 2.75. The highest BCUT2D eigenvalue weighted by atomic mass is 16.6. The molecule has 0 bridgehead atoms. The molecule has 2 N–H and O–H groups in total. The smallest absolute Gasteiger partial charge is 0.112 e. The number of fused-ring (bicyclic) bond motifs is 1. The maximum absolute atomic E-state index is 9.15. The standard InChI is InChI=1S/C6H10O3.C2H4O/c7-4-3-9-5-1-2-8-6(4)5;1-2-3/h4-7H,1-3H2;2-3H,1H2/t4?,5?,6-;/m1./s1. The lowest BCUT2D eigenvalue weighted by Crippen LogP contribution is -2.26. The van der Waals surface area contributed by atoms with Gasteiger partial charge in [0, 0.05) is 6.61 Å². The van der Waals surface area contributed by atoms with E-state index in [0.29, 0.717) is 6.61 Å². The molecule has 4 heteroatoms. The van der Waals surface area contributed by atoms with Gasteiger partial charge >= 0.3 is 0 Å². The fraction of sp³-hybridized carbons (Fsp3) is 0.750. The van der Waals surface area contributed by atoms with Crippen LogP contribution in [0.5, 0.6) is 0 Å². The summed E-state index contributed by atoms with van der Waals surface area (Å²) in [5.41, 5.74) is 0. The molecule has 3 atom stereocenters. The van der Waals surface area contributed by atoms with E-state index in [2.05, 4.69) is 6.58 Å². The molecule has 0 radical (unpaired) electrons. The molecule has 2 unspecified atom stereocenters. The first-order valence-corrected chi connectivity index (χ1v) is 3.96. The van der Waals surface area contributed by atoms with Crippen LogP contribution in [0.15, 0.2) is 12.8 Å². The molecule has 0 spiro atoms. The SMILES string of the molecule is C=CO.OC1COC2CCO[C@H]12. The molecule has 0 amide bonds. The van der Waals surface area contributed by atoms with Crippen molar-refractivity contribution in [3.8, 4) is 0 Å². The van der Waals surface area contributed by atoms with Crippen LogP contribution in [0.1, 0.15) is 6.42 Å². The van der Waals surface area contributed by atoms with Gasteiger partial charge in [0.25, 0.3) is 0 Å². The summed E-state index contributed by atoms with van der Waals surface area (Å²) in [4.78, 5) is 0. The summed E-state index contributed by atoms with van der Waals surface area (Å²) in [5, 5.41) is 16.5. The normalized spacial score (nSPS) is 38.2. The van der Waals surface area contributed by atoms with Crippen molar-refractivity contribution in [1.29, 1.82) is 0 Å². The van der Waals surface area contributed by atoms with Crippen molar-refractivity contribution in [3.63, 3.8) is 0 Å². The molecule has 0 saturated carbocycles. The third-order valence-electron chi connectivity index (χ3n) is 1.94. The first kappa shape index (κ1) is 9.51. The Kier molecular flexibility index (Phi) is 3.52. The van der Waals surface area contributed by atoms with E-state index >= 15 is 0 Å². The largest absolute Gasteiger partial charge is 0.516 e. The van der Waals surface area contributed by atoms with Crippen molar-refractivity contribution >= 4 is 0 Å². The van der Waals surface area contributed by atoms with Crippen molar-refractivity contribution in [2.45, 2.75) is 24.7 Å². The minimum atomic E-state index is -0.377. The van der Waals surface area contributed by atoms with Crippen LogP contribution in [0.25, 0.3) is 0 Å². The summed E-state index contributed by atoms with van der Waals surface area (Å²) in [6, 6.07) is 0. The molecule has 2 aliphatic heterocycles. The number of rotatable bonds is 0. The molecule has 2 saturated heterocycles. The topological polar surface area (TPSA) is 58.9 Å². The summed E-state index contributed by atoms with van der Waals surface area (Å²) >= 11 is 0. The van der Waals surface area contributed by atoms with Crippen LogP contribution in [0.3, 0.4) is 0 Å². The van der Waals surface area contributed by atoms with E-state index < -0.39 is 0 Å². The Morgan fingerprint density at radius 3 is 2.67 bits per heavy atom. The molecule has 4 nitrogen and oxygen atoms in total. The van der Waals surface area contributed by atoms with Crippen LogP contribution in [-0.2, 0) is 9.47 Å². The molecule has 70 valence electrons. The van der Waals surface area contributed by atoms with Crippen molar-refractivity contribution in [1.82, 2.24) is 0 Å². The van der Waals surface area contributed by atoms with E-state index in [0.717, 1.165) is 19.3 Å². The van der Waals surface area contributed by atoms with Crippen molar-refractivity contribution in [3.05, 3.63) is 12.8 Å². The Hall–Kier alpha value is -0.580. The van der Waals surface area contributed by atoms with Crippen LogP contribution >= 0.6 is 0 Å². The Bertz CT molecular complexity index is 148. The summed E-state index contributed by atoms with van der Waals surface area (Å²) in [5.74, 6) is 0. The van der Waals surface area contributed by atoms with Crippen LogP contribution < -0.4 is 0 Å². The number of hydrogen-bond donors (Lipinski definition) is 2. The molecule has 0 aromatic heterocycles. The van der Waals surface area contributed by atoms with E-state index in [-0.39, 0.29) is 18.3 Å². The average Bonchev–Trinajstić information content (AvgIpc) is 2.57. The summed E-state index contributed by atoms with van der Waals surface area (Å²) in [6.07, 6.45) is 1.48. The second-order valence-corrected chi connectivity index (χ2v) is 2.75. The van der Waals surface area contributed by atoms with Gasteiger partial charge in [0.15, 0.2) is 0 Å². The molecule has 2 heterocycles. The number of aliphatic hydroxyl groups excluding tert-OH is 2. The average molecular weight is 174 g/mol. The van der Waals surface area contributed by atoms with Gasteiger partial charge in [0.05, 0.1) is 19.0 Å². The van der Waals surface area contributed by atoms with Gasteiger partial charge in [0.1, 0.15) is 12.2 Å². The zero-order valence-corrected chi connectivity index (χ0v) is 6.85. The van der Waals surface area contributed by atoms with Crippen molar-refractivity contribution in [2.75, 3.05) is 13.2 Å². The molecular formula is C8H14O4. The third kappa shape index (κ3) is 1.97. The molecule has 0 aliphatic carbocycles. The Labute approximate surface area is 71.4 Å². The minimum Gasteiger partial charge on any atom is -0.516 e. The van der Waals surface area contributed by atoms with Gasteiger partial charge in [-0.25, -0.2) is 0 Å². The molecule has 2 fully saturated rings. The predicted octanol–water partition coefficient (Wildman–Crippen LogP) is 0.223. The highest BCUT2D eigenvalue weighted by Crippen LogP contribution is 2.25. The monoisotopic (exact) mass is 174 g/mol. The summed E-state index contributed by atoms with van der Waals surface area (Å²) < 4.78 is 10.4. The molecule has 0 aromatic carbocycles. The maximum Gasteiger partial charge on any atom is 0.112 e. The van der Waals surface area contributed by atoms with Gasteiger partial charge in [-0.2, -0.15) is 0 Å². The number of hydrogen-bond acceptors (Lipinski definition) is 4. The number of ether oxygens (including phenoxy) is 2. The quantitative estimate of drug-likeness (QED) is 0.516. The van der Waals surface area contributed by atoms with Gasteiger partial charge in [-0.1, -0.05) is 6.58 Å². The molecule has 2 aliphatic rings. The van der Waals surface area contributed by atoms with Gasteiger partial charge in [-0.3, -0.25) is 0 Å². The Morgan fingerprint density at radius 2 is 2.08 bits per heavy atom. The van der Waals surface area contributed by atoms with E-state index in [9.17, 15) is 0 Å². The van der Waals surface area contributed by atoms with E-state index in [1.807, 2.05) is 0 Å². The van der Waals surface area contributed by atoms with Crippen LogP contribution in [0.2, 0.25) is 0 Å². The van der Waals surface area contributed by atoms with E-state index in [1.165, 1.54) is 0 Å². The van der Waals surface area contributed by atoms with Crippen LogP contribution in [0.4, 0.5) is 0 Å². The molecular weight excluding hydrogens is 160 g/mol. The number of aliphatic hydroxyl groups is 2. The lowest BCUT2D eigenvalue weighted by atomic mass is 10.1. The van der Waals surface area contributed by atoms with Crippen LogP contribution in [-0.4, -0.2) is 41.7 Å². The van der Waals surface area contributed by atoms with E-state index in [4.69, 9.17) is 19.7 Å². The lowest BCUT2D eigenvalue weighted by molar-refractivity contribution is 0.0187. The lowest BCUT2D eigenvalue weighted by Gasteiger charge is -2.08. The van der Waals surface area contributed by atoms with Crippen molar-refractivity contribution in [2.24, 2.45) is 0 Å². The Morgan fingerprint density at radius 1 is 1.42 bits per heavy atom. The van der Waals surface area contributed by atoms with Gasteiger partial charge in [-0.15, -0.1) is 0 Å². The van der Waals surface area contributed by atoms with Gasteiger partial charge in [-0.05, 0) is 6.42 Å². The first-order valence-electron chi connectivity index (χ1n) is 3.96. The van der Waals surface area contributed by atoms with Gasteiger partial charge in [0.2, 0.25) is 0 Å². The van der Waals surface area contributed by atoms with Crippen LogP contribution in [0, 0.1) is 0 Å². The maximum atomic E-state index is 9.15. The first-order chi connectivity index (χ1) is 5.79. The van der Waals surface area contributed by atoms with E-state index in [1.54, 1.807) is 0 Å². The third-order valence-corrected chi connectivity index (χ3v) is 1.94. The molecule has 0 aromatic rings. The second kappa shape index (κ2) is 4.45. The summed E-state index contributed by atoms with van der Waals surface area (Å²) in [7, 11) is 0. The van der Waals surface area contributed by atoms with Crippen molar-refractivity contribution < 1.29 is 19.7 Å². The highest BCUT2D eigenvalue weighted by molar-refractivity contribution is 4.88. The minimum absolute atomic E-state index is 0.0231. The molecule has 2 rings (SSSR count). The Balaban J connectivity index is 0.000000213. The summed E-state index contributed by atoms with van der Waals surface area (Å²) in [6.45, 7) is 4.11. The fourth-order valence-electron chi connectivity index (χ4n) is 1.45. The van der Waals surface area contributed by atoms with Gasteiger partial charge < -0.3 is 19.7 Å². The zero-order chi connectivity index (χ0) is 8.97. The molecule has 12 heavy (non-hydrogen) atoms. The highest BCUT2D eigenvalue weighted by Gasteiger charge is 2.40. The fourth-order valence-corrected chi connectivity index (χ4v) is 1.45. The zero-order valence-electron chi connectivity index (χ0n) is 6.85.